The van der Waals surface area contributed by atoms with E-state index in [0.717, 1.165) is 18.3 Å². The second kappa shape index (κ2) is 10.9. The first-order valence-corrected chi connectivity index (χ1v) is 15.5. The van der Waals surface area contributed by atoms with E-state index in [1.165, 1.54) is 15.8 Å². The van der Waals surface area contributed by atoms with Gasteiger partial charge >= 0.3 is 6.18 Å². The van der Waals surface area contributed by atoms with Crippen LogP contribution in [0.5, 0.6) is 0 Å². The summed E-state index contributed by atoms with van der Waals surface area (Å²) in [5, 5.41) is 15.7. The number of halogens is 3. The number of carbonyl (C=O) groups excluding carboxylic acids is 1. The fraction of sp³-hybridized carbons (Fsp3) is 0.476. The minimum Gasteiger partial charge on any atom is -0.343 e. The molecule has 0 aliphatic carbocycles. The van der Waals surface area contributed by atoms with Gasteiger partial charge in [0.2, 0.25) is 30.1 Å². The molecule has 1 amide bonds. The van der Waals surface area contributed by atoms with Crippen molar-refractivity contribution in [2.45, 2.75) is 59.1 Å². The Balaban J connectivity index is 1.40. The highest BCUT2D eigenvalue weighted by Crippen LogP contribution is 2.32. The van der Waals surface area contributed by atoms with Crippen LogP contribution in [-0.4, -0.2) is 71.2 Å². The number of thiazole rings is 1. The quantitative estimate of drug-likeness (QED) is 0.399. The Morgan fingerprint density at radius 1 is 1.15 bits per heavy atom. The van der Waals surface area contributed by atoms with Gasteiger partial charge in [0.25, 0.3) is 0 Å². The molecule has 212 valence electrons. The van der Waals surface area contributed by atoms with E-state index in [1.807, 2.05) is 0 Å². The van der Waals surface area contributed by atoms with Crippen molar-refractivity contribution in [1.82, 2.24) is 30.1 Å². The molecule has 0 spiro atoms. The first-order valence-electron chi connectivity index (χ1n) is 11.6. The molecule has 0 unspecified atom stereocenters. The van der Waals surface area contributed by atoms with E-state index in [2.05, 4.69) is 20.4 Å². The summed E-state index contributed by atoms with van der Waals surface area (Å²) >= 11 is 0.481. The highest BCUT2D eigenvalue weighted by atomic mass is 32.3. The smallest absolute Gasteiger partial charge is 0.343 e. The zero-order chi connectivity index (χ0) is 28.6. The van der Waals surface area contributed by atoms with Crippen LogP contribution in [0.3, 0.4) is 0 Å². The highest BCUT2D eigenvalue weighted by molar-refractivity contribution is 7.95. The molecular formula is C21H24F3N7O5S3. The highest BCUT2D eigenvalue weighted by Gasteiger charge is 2.35. The Kier molecular flexibility index (Phi) is 8.11. The molecule has 1 aromatic carbocycles. The number of carbonyl (C=O) groups is 1. The van der Waals surface area contributed by atoms with Crippen molar-refractivity contribution in [1.29, 1.82) is 0 Å². The number of rotatable bonds is 8. The molecule has 12 nitrogen and oxygen atoms in total. The SMILES string of the molecule is Cc1nnn(Cc2cc(C(F)(F)F)ccc2CCC(=O)N2CCC(S(=O)(=O)c3ncc(S(N)(=O)=O)s3)CC2)n1. The molecule has 39 heavy (non-hydrogen) atoms. The predicted molar refractivity (Wildman–Crippen MR) is 132 cm³/mol. The van der Waals surface area contributed by atoms with E-state index in [4.69, 9.17) is 5.14 Å². The second-order valence-electron chi connectivity index (χ2n) is 8.96. The molecule has 3 aromatic rings. The molecule has 1 saturated heterocycles. The zero-order valence-electron chi connectivity index (χ0n) is 20.5. The van der Waals surface area contributed by atoms with Crippen molar-refractivity contribution in [2.24, 2.45) is 5.14 Å². The minimum atomic E-state index is -4.54. The summed E-state index contributed by atoms with van der Waals surface area (Å²) in [5.41, 5.74) is 0.00411. The van der Waals surface area contributed by atoms with Crippen LogP contribution in [0.15, 0.2) is 32.9 Å². The Morgan fingerprint density at radius 2 is 1.85 bits per heavy atom. The first kappa shape index (κ1) is 29.0. The number of sulfone groups is 1. The summed E-state index contributed by atoms with van der Waals surface area (Å²) in [7, 11) is -8.00. The van der Waals surface area contributed by atoms with Gasteiger partial charge in [-0.2, -0.15) is 18.0 Å². The molecule has 2 aromatic heterocycles. The second-order valence-corrected chi connectivity index (χ2v) is 14.2. The number of nitrogens with two attached hydrogens (primary N) is 1. The maximum atomic E-state index is 13.3. The third-order valence-electron chi connectivity index (χ3n) is 6.23. The van der Waals surface area contributed by atoms with Gasteiger partial charge in [-0.15, -0.1) is 10.2 Å². The van der Waals surface area contributed by atoms with Gasteiger partial charge in [-0.25, -0.2) is 27.0 Å². The molecule has 3 heterocycles. The van der Waals surface area contributed by atoms with E-state index < -0.39 is 36.9 Å². The number of benzene rings is 1. The van der Waals surface area contributed by atoms with Crippen LogP contribution in [0.1, 0.15) is 41.8 Å². The summed E-state index contributed by atoms with van der Waals surface area (Å²) in [6.07, 6.45) is -3.22. The Hall–Kier alpha value is -2.96. The van der Waals surface area contributed by atoms with Gasteiger partial charge in [-0.1, -0.05) is 17.4 Å². The number of sulfonamides is 1. The molecule has 1 aliphatic rings. The van der Waals surface area contributed by atoms with Crippen molar-refractivity contribution >= 4 is 37.1 Å². The van der Waals surface area contributed by atoms with Crippen molar-refractivity contribution < 1.29 is 34.8 Å². The fourth-order valence-corrected chi connectivity index (χ4v) is 8.10. The maximum absolute atomic E-state index is 13.3. The molecule has 0 saturated carbocycles. The Morgan fingerprint density at radius 3 is 2.41 bits per heavy atom. The lowest BCUT2D eigenvalue weighted by atomic mass is 9.99. The number of hydrogen-bond donors (Lipinski definition) is 1. The van der Waals surface area contributed by atoms with Gasteiger partial charge in [-0.3, -0.25) is 4.79 Å². The topological polar surface area (TPSA) is 171 Å². The number of hydrogen-bond acceptors (Lipinski definition) is 10. The van der Waals surface area contributed by atoms with Crippen LogP contribution in [0.4, 0.5) is 13.2 Å². The third kappa shape index (κ3) is 6.79. The van der Waals surface area contributed by atoms with Crippen molar-refractivity contribution in [3.63, 3.8) is 0 Å². The normalized spacial score (nSPS) is 15.6. The number of amides is 1. The number of alkyl halides is 3. The van der Waals surface area contributed by atoms with E-state index in [9.17, 15) is 34.8 Å². The van der Waals surface area contributed by atoms with E-state index in [-0.39, 0.29) is 59.8 Å². The average Bonchev–Trinajstić information content (AvgIpc) is 3.52. The molecule has 0 bridgehead atoms. The average molecular weight is 608 g/mol. The number of aromatic nitrogens is 5. The van der Waals surface area contributed by atoms with Crippen LogP contribution < -0.4 is 5.14 Å². The molecule has 1 fully saturated rings. The molecule has 2 N–H and O–H groups in total. The molecule has 4 rings (SSSR count). The predicted octanol–water partition coefficient (Wildman–Crippen LogP) is 1.55. The van der Waals surface area contributed by atoms with Crippen molar-refractivity contribution in [3.05, 3.63) is 46.9 Å². The minimum absolute atomic E-state index is 0.00376. The fourth-order valence-electron chi connectivity index (χ4n) is 4.20. The van der Waals surface area contributed by atoms with Gasteiger partial charge in [-0.05, 0) is 54.7 Å². The summed E-state index contributed by atoms with van der Waals surface area (Å²) in [6, 6.07) is 3.30. The summed E-state index contributed by atoms with van der Waals surface area (Å²) in [4.78, 5) is 19.3. The van der Waals surface area contributed by atoms with Gasteiger partial charge in [0, 0.05) is 19.5 Å². The number of tetrazole rings is 1. The number of aryl methyl sites for hydroxylation is 2. The number of nitrogens with zero attached hydrogens (tertiary/aromatic N) is 6. The Labute approximate surface area is 226 Å². The zero-order valence-corrected chi connectivity index (χ0v) is 22.9. The van der Waals surface area contributed by atoms with Crippen LogP contribution in [0.25, 0.3) is 0 Å². The lowest BCUT2D eigenvalue weighted by Crippen LogP contribution is -2.42. The van der Waals surface area contributed by atoms with Gasteiger partial charge in [0.05, 0.1) is 23.6 Å². The molecule has 1 aliphatic heterocycles. The largest absolute Gasteiger partial charge is 0.416 e. The van der Waals surface area contributed by atoms with Gasteiger partial charge in [0.1, 0.15) is 0 Å². The summed E-state index contributed by atoms with van der Waals surface area (Å²) < 4.78 is 87.9. The van der Waals surface area contributed by atoms with Crippen LogP contribution in [-0.2, 0) is 43.8 Å². The summed E-state index contributed by atoms with van der Waals surface area (Å²) in [6.45, 7) is 1.85. The third-order valence-corrected chi connectivity index (χ3v) is 11.3. The van der Waals surface area contributed by atoms with Crippen molar-refractivity contribution in [3.8, 4) is 0 Å². The standard InChI is InChI=1S/C21H24F3N7O5S3/c1-13-27-29-31(28-13)12-15-10-16(21(22,23)24)4-2-14(15)3-5-18(32)30-8-6-17(7-9-30)38(33,34)20-26-11-19(37-20)39(25,35)36/h2,4,10-11,17H,3,5-9,12H2,1H3,(H2,25,35,36). The van der Waals surface area contributed by atoms with E-state index in [1.54, 1.807) is 6.92 Å². The lowest BCUT2D eigenvalue weighted by molar-refractivity contribution is -0.137. The van der Waals surface area contributed by atoms with Crippen LogP contribution in [0.2, 0.25) is 0 Å². The summed E-state index contributed by atoms with van der Waals surface area (Å²) in [5.74, 6) is 0.0982. The number of primary sulfonamides is 1. The molecular weight excluding hydrogens is 583 g/mol. The maximum Gasteiger partial charge on any atom is 0.416 e. The van der Waals surface area contributed by atoms with Gasteiger partial charge in [0.15, 0.2) is 10.0 Å². The number of piperidine rings is 1. The van der Waals surface area contributed by atoms with E-state index in [0.29, 0.717) is 28.3 Å². The van der Waals surface area contributed by atoms with Crippen LogP contribution in [0, 0.1) is 6.92 Å². The van der Waals surface area contributed by atoms with Gasteiger partial charge < -0.3 is 4.90 Å². The van der Waals surface area contributed by atoms with Crippen LogP contribution >= 0.6 is 11.3 Å². The monoisotopic (exact) mass is 607 g/mol. The number of likely N-dealkylation sites (tertiary alicyclic amines) is 1. The Bertz CT molecular complexity index is 1580. The first-order chi connectivity index (χ1) is 18.1. The molecule has 0 radical (unpaired) electrons. The molecule has 18 heteroatoms. The molecule has 0 atom stereocenters. The lowest BCUT2D eigenvalue weighted by Gasteiger charge is -2.31. The van der Waals surface area contributed by atoms with Crippen molar-refractivity contribution in [2.75, 3.05) is 13.1 Å². The van der Waals surface area contributed by atoms with E-state index >= 15 is 0 Å².